The second-order valence-corrected chi connectivity index (χ2v) is 4.47. The lowest BCUT2D eigenvalue weighted by Crippen LogP contribution is -2.26. The van der Waals surface area contributed by atoms with Crippen LogP contribution < -0.4 is 11.4 Å². The van der Waals surface area contributed by atoms with Crippen LogP contribution in [0.1, 0.15) is 6.42 Å². The Hall–Kier alpha value is -0.560. The summed E-state index contributed by atoms with van der Waals surface area (Å²) in [5.41, 5.74) is 1.85. The second-order valence-electron chi connectivity index (χ2n) is 2.12. The van der Waals surface area contributed by atoms with Gasteiger partial charge in [0.05, 0.1) is 10.6 Å². The highest BCUT2D eigenvalue weighted by molar-refractivity contribution is 8.01. The maximum atomic E-state index is 10.8. The lowest BCUT2D eigenvalue weighted by Gasteiger charge is -1.99. The quantitative estimate of drug-likeness (QED) is 0.441. The van der Waals surface area contributed by atoms with E-state index in [0.717, 1.165) is 0 Å². The molecule has 0 saturated heterocycles. The average Bonchev–Trinajstić information content (AvgIpc) is 2.57. The molecule has 0 saturated carbocycles. The molecule has 4 nitrogen and oxygen atoms in total. The molecular weight excluding hydrogens is 208 g/mol. The van der Waals surface area contributed by atoms with Gasteiger partial charge in [0.2, 0.25) is 0 Å². The fraction of sp³-hybridized carbons (Fsp3) is 0.286. The van der Waals surface area contributed by atoms with Crippen LogP contribution in [0.15, 0.2) is 21.7 Å². The van der Waals surface area contributed by atoms with Crippen molar-refractivity contribution >= 4 is 29.1 Å². The molecular formula is C7H10N2O2S2. The third-order valence-electron chi connectivity index (χ3n) is 1.22. The molecule has 0 amide bonds. The summed E-state index contributed by atoms with van der Waals surface area (Å²) < 4.78 is 1.20. The Labute approximate surface area is 84.4 Å². The molecule has 0 aliphatic heterocycles. The minimum Gasteiger partial charge on any atom is -0.356 e. The van der Waals surface area contributed by atoms with Crippen LogP contribution in [0.25, 0.3) is 0 Å². The van der Waals surface area contributed by atoms with Gasteiger partial charge < -0.3 is 4.84 Å². The van der Waals surface area contributed by atoms with Gasteiger partial charge in [-0.2, -0.15) is 0 Å². The van der Waals surface area contributed by atoms with E-state index in [9.17, 15) is 4.79 Å². The SMILES string of the molecule is NNOC(=O)CCSc1cccs1. The molecule has 0 aromatic carbocycles. The van der Waals surface area contributed by atoms with Crippen LogP contribution in [0.3, 0.4) is 0 Å². The first-order valence-corrected chi connectivity index (χ1v) is 5.51. The van der Waals surface area contributed by atoms with E-state index in [0.29, 0.717) is 12.2 Å². The van der Waals surface area contributed by atoms with Crippen molar-refractivity contribution in [1.29, 1.82) is 0 Å². The molecule has 6 heteroatoms. The molecule has 3 N–H and O–H groups in total. The van der Waals surface area contributed by atoms with Crippen molar-refractivity contribution in [1.82, 2.24) is 5.59 Å². The predicted molar refractivity (Wildman–Crippen MR) is 53.1 cm³/mol. The van der Waals surface area contributed by atoms with Gasteiger partial charge in [0.1, 0.15) is 0 Å². The summed E-state index contributed by atoms with van der Waals surface area (Å²) in [5.74, 6) is 5.17. The molecule has 1 aromatic heterocycles. The zero-order chi connectivity index (χ0) is 9.52. The van der Waals surface area contributed by atoms with Crippen LogP contribution >= 0.6 is 23.1 Å². The Morgan fingerprint density at radius 1 is 1.77 bits per heavy atom. The van der Waals surface area contributed by atoms with Crippen LogP contribution in [0.5, 0.6) is 0 Å². The Morgan fingerprint density at radius 3 is 3.23 bits per heavy atom. The molecule has 0 radical (unpaired) electrons. The molecule has 0 aliphatic rings. The minimum atomic E-state index is -0.341. The number of thiophene rings is 1. The number of nitrogens with one attached hydrogen (secondary N) is 1. The van der Waals surface area contributed by atoms with Gasteiger partial charge in [-0.05, 0) is 11.4 Å². The third kappa shape index (κ3) is 4.28. The second kappa shape index (κ2) is 5.98. The van der Waals surface area contributed by atoms with Crippen LogP contribution in [0, 0.1) is 0 Å². The monoisotopic (exact) mass is 218 g/mol. The standard InChI is InChI=1S/C7H10N2O2S2/c8-9-11-6(10)3-5-13-7-2-1-4-12-7/h1-2,4,9H,3,5,8H2. The number of nitrogens with two attached hydrogens (primary N) is 1. The molecule has 1 heterocycles. The zero-order valence-corrected chi connectivity index (χ0v) is 8.49. The van der Waals surface area contributed by atoms with Crippen molar-refractivity contribution in [3.8, 4) is 0 Å². The van der Waals surface area contributed by atoms with Crippen molar-refractivity contribution in [2.75, 3.05) is 5.75 Å². The summed E-state index contributed by atoms with van der Waals surface area (Å²) in [6, 6.07) is 3.99. The number of carbonyl (C=O) groups is 1. The van der Waals surface area contributed by atoms with E-state index >= 15 is 0 Å². The zero-order valence-electron chi connectivity index (χ0n) is 6.86. The first kappa shape index (κ1) is 10.5. The van der Waals surface area contributed by atoms with Gasteiger partial charge in [-0.1, -0.05) is 11.7 Å². The fourth-order valence-corrected chi connectivity index (χ4v) is 2.48. The lowest BCUT2D eigenvalue weighted by molar-refractivity contribution is -0.150. The number of thioether (sulfide) groups is 1. The largest absolute Gasteiger partial charge is 0.356 e. The lowest BCUT2D eigenvalue weighted by atomic mass is 10.5. The van der Waals surface area contributed by atoms with Gasteiger partial charge >= 0.3 is 5.97 Å². The topological polar surface area (TPSA) is 64.3 Å². The van der Waals surface area contributed by atoms with Gasteiger partial charge in [-0.3, -0.25) is 4.79 Å². The molecule has 72 valence electrons. The van der Waals surface area contributed by atoms with Crippen LogP contribution in [0.4, 0.5) is 0 Å². The molecule has 0 spiro atoms. The molecule has 0 fully saturated rings. The van der Waals surface area contributed by atoms with Crippen LogP contribution in [-0.4, -0.2) is 11.7 Å². The third-order valence-corrected chi connectivity index (χ3v) is 3.35. The highest BCUT2D eigenvalue weighted by atomic mass is 32.2. The Bertz CT molecular complexity index is 251. The summed E-state index contributed by atoms with van der Waals surface area (Å²) in [6.45, 7) is 0. The molecule has 1 aromatic rings. The summed E-state index contributed by atoms with van der Waals surface area (Å²) in [5, 5.41) is 2.00. The molecule has 0 unspecified atom stereocenters. The summed E-state index contributed by atoms with van der Waals surface area (Å²) in [4.78, 5) is 15.1. The first-order valence-electron chi connectivity index (χ1n) is 3.64. The van der Waals surface area contributed by atoms with E-state index in [4.69, 9.17) is 5.84 Å². The Balaban J connectivity index is 2.11. The van der Waals surface area contributed by atoms with E-state index < -0.39 is 0 Å². The van der Waals surface area contributed by atoms with Gasteiger partial charge in [0, 0.05) is 5.75 Å². The number of hydrazine groups is 1. The Morgan fingerprint density at radius 2 is 2.62 bits per heavy atom. The average molecular weight is 218 g/mol. The molecule has 0 aliphatic carbocycles. The molecule has 1 rings (SSSR count). The highest BCUT2D eigenvalue weighted by Crippen LogP contribution is 2.23. The van der Waals surface area contributed by atoms with Crippen molar-refractivity contribution in [2.24, 2.45) is 5.84 Å². The molecule has 0 bridgehead atoms. The molecule has 0 atom stereocenters. The first-order chi connectivity index (χ1) is 6.33. The Kier molecular flexibility index (Phi) is 4.84. The van der Waals surface area contributed by atoms with E-state index in [1.807, 2.05) is 23.1 Å². The van der Waals surface area contributed by atoms with Crippen LogP contribution in [0.2, 0.25) is 0 Å². The van der Waals surface area contributed by atoms with E-state index in [2.05, 4.69) is 4.84 Å². The van der Waals surface area contributed by atoms with Crippen molar-refractivity contribution in [3.05, 3.63) is 17.5 Å². The summed E-state index contributed by atoms with van der Waals surface area (Å²) >= 11 is 3.29. The maximum absolute atomic E-state index is 10.8. The van der Waals surface area contributed by atoms with E-state index in [-0.39, 0.29) is 5.97 Å². The minimum absolute atomic E-state index is 0.341. The number of hydrogen-bond donors (Lipinski definition) is 2. The van der Waals surface area contributed by atoms with Crippen molar-refractivity contribution in [2.45, 2.75) is 10.6 Å². The highest BCUT2D eigenvalue weighted by Gasteiger charge is 2.02. The van der Waals surface area contributed by atoms with E-state index in [1.165, 1.54) is 4.21 Å². The van der Waals surface area contributed by atoms with E-state index in [1.54, 1.807) is 23.1 Å². The normalized spacial score (nSPS) is 9.92. The smallest absolute Gasteiger partial charge is 0.327 e. The van der Waals surface area contributed by atoms with Crippen LogP contribution in [-0.2, 0) is 9.63 Å². The number of hydrogen-bond acceptors (Lipinski definition) is 6. The van der Waals surface area contributed by atoms with Crippen molar-refractivity contribution < 1.29 is 9.63 Å². The van der Waals surface area contributed by atoms with Gasteiger partial charge in [-0.25, -0.2) is 5.84 Å². The van der Waals surface area contributed by atoms with Gasteiger partial charge in [-0.15, -0.1) is 23.1 Å². The maximum Gasteiger partial charge on any atom is 0.327 e. The van der Waals surface area contributed by atoms with Crippen molar-refractivity contribution in [3.63, 3.8) is 0 Å². The molecule has 13 heavy (non-hydrogen) atoms. The number of rotatable bonds is 5. The van der Waals surface area contributed by atoms with Gasteiger partial charge in [0.25, 0.3) is 0 Å². The number of carbonyl (C=O) groups excluding carboxylic acids is 1. The van der Waals surface area contributed by atoms with Gasteiger partial charge in [0.15, 0.2) is 0 Å². The predicted octanol–water partition coefficient (Wildman–Crippen LogP) is 1.15. The summed E-state index contributed by atoms with van der Waals surface area (Å²) in [7, 11) is 0. The summed E-state index contributed by atoms with van der Waals surface area (Å²) in [6.07, 6.45) is 0.354. The fourth-order valence-electron chi connectivity index (χ4n) is 0.697.